The Morgan fingerprint density at radius 2 is 2.12 bits per heavy atom. The van der Waals surface area contributed by atoms with Crippen LogP contribution in [-0.4, -0.2) is 25.3 Å². The molecule has 1 aliphatic rings. The van der Waals surface area contributed by atoms with Crippen LogP contribution in [0.3, 0.4) is 0 Å². The number of sulfonamides is 1. The molecule has 0 heterocycles. The Morgan fingerprint density at radius 1 is 1.47 bits per heavy atom. The third-order valence-electron chi connectivity index (χ3n) is 2.83. The van der Waals surface area contributed by atoms with Gasteiger partial charge in [0.25, 0.3) is 0 Å². The van der Waals surface area contributed by atoms with Gasteiger partial charge < -0.3 is 5.73 Å². The van der Waals surface area contributed by atoms with Crippen LogP contribution in [0.15, 0.2) is 23.1 Å². The Kier molecular flexibility index (Phi) is 3.09. The van der Waals surface area contributed by atoms with Crippen molar-refractivity contribution in [1.29, 1.82) is 0 Å². The van der Waals surface area contributed by atoms with E-state index in [1.54, 1.807) is 6.92 Å². The standard InChI is InChI=1S/C11H15FN2O2S/c1-2-14(9-4-5-9)17(15,16)11-7-8(12)3-6-10(11)13/h3,6-7,9H,2,4-5,13H2,1H3. The number of benzene rings is 1. The van der Waals surface area contributed by atoms with E-state index in [4.69, 9.17) is 5.73 Å². The summed E-state index contributed by atoms with van der Waals surface area (Å²) in [5, 5.41) is 0. The van der Waals surface area contributed by atoms with Gasteiger partial charge in [-0.15, -0.1) is 0 Å². The zero-order valence-corrected chi connectivity index (χ0v) is 10.4. The lowest BCUT2D eigenvalue weighted by Crippen LogP contribution is -2.33. The lowest BCUT2D eigenvalue weighted by Gasteiger charge is -2.20. The normalized spacial score (nSPS) is 16.4. The first-order chi connectivity index (χ1) is 7.96. The highest BCUT2D eigenvalue weighted by Gasteiger charge is 2.37. The molecule has 0 aromatic heterocycles. The van der Waals surface area contributed by atoms with Gasteiger partial charge in [0.1, 0.15) is 10.7 Å². The number of hydrogen-bond acceptors (Lipinski definition) is 3. The Bertz CT molecular complexity index is 526. The summed E-state index contributed by atoms with van der Waals surface area (Å²) in [6.45, 7) is 2.15. The molecule has 0 spiro atoms. The molecule has 17 heavy (non-hydrogen) atoms. The Labute approximate surface area is 100 Å². The first-order valence-electron chi connectivity index (χ1n) is 5.53. The number of anilines is 1. The van der Waals surface area contributed by atoms with Crippen LogP contribution in [-0.2, 0) is 10.0 Å². The second-order valence-electron chi connectivity index (χ2n) is 4.12. The molecule has 0 amide bonds. The second-order valence-corrected chi connectivity index (χ2v) is 5.98. The van der Waals surface area contributed by atoms with Crippen LogP contribution in [0, 0.1) is 5.82 Å². The van der Waals surface area contributed by atoms with Crippen molar-refractivity contribution >= 4 is 15.7 Å². The molecule has 0 radical (unpaired) electrons. The second kappa shape index (κ2) is 4.27. The average molecular weight is 258 g/mol. The minimum absolute atomic E-state index is 0.0488. The summed E-state index contributed by atoms with van der Waals surface area (Å²) in [4.78, 5) is -0.133. The van der Waals surface area contributed by atoms with Gasteiger partial charge in [0.05, 0.1) is 5.69 Å². The summed E-state index contributed by atoms with van der Waals surface area (Å²) < 4.78 is 39.1. The summed E-state index contributed by atoms with van der Waals surface area (Å²) >= 11 is 0. The number of halogens is 1. The van der Waals surface area contributed by atoms with Crippen LogP contribution >= 0.6 is 0 Å². The molecule has 2 rings (SSSR count). The molecule has 0 saturated heterocycles. The van der Waals surface area contributed by atoms with Gasteiger partial charge in [-0.25, -0.2) is 12.8 Å². The Balaban J connectivity index is 2.46. The van der Waals surface area contributed by atoms with E-state index < -0.39 is 15.8 Å². The highest BCUT2D eigenvalue weighted by molar-refractivity contribution is 7.89. The van der Waals surface area contributed by atoms with Crippen molar-refractivity contribution in [3.05, 3.63) is 24.0 Å². The minimum atomic E-state index is -3.67. The lowest BCUT2D eigenvalue weighted by atomic mass is 10.3. The van der Waals surface area contributed by atoms with E-state index in [1.165, 1.54) is 10.4 Å². The number of nitrogens with zero attached hydrogens (tertiary/aromatic N) is 1. The van der Waals surface area contributed by atoms with Gasteiger partial charge in [0.15, 0.2) is 0 Å². The smallest absolute Gasteiger partial charge is 0.245 e. The third kappa shape index (κ3) is 2.28. The highest BCUT2D eigenvalue weighted by Crippen LogP contribution is 2.33. The van der Waals surface area contributed by atoms with Gasteiger partial charge >= 0.3 is 0 Å². The molecule has 4 nitrogen and oxygen atoms in total. The molecule has 1 fully saturated rings. The maximum absolute atomic E-state index is 13.1. The van der Waals surface area contributed by atoms with Crippen LogP contribution in [0.5, 0.6) is 0 Å². The molecule has 94 valence electrons. The van der Waals surface area contributed by atoms with Crippen molar-refractivity contribution in [2.24, 2.45) is 0 Å². The lowest BCUT2D eigenvalue weighted by molar-refractivity contribution is 0.421. The van der Waals surface area contributed by atoms with Crippen molar-refractivity contribution in [2.45, 2.75) is 30.7 Å². The van der Waals surface area contributed by atoms with Crippen LogP contribution in [0.25, 0.3) is 0 Å². The van der Waals surface area contributed by atoms with Crippen molar-refractivity contribution in [2.75, 3.05) is 12.3 Å². The van der Waals surface area contributed by atoms with Gasteiger partial charge in [0, 0.05) is 12.6 Å². The van der Waals surface area contributed by atoms with E-state index in [9.17, 15) is 12.8 Å². The fourth-order valence-corrected chi connectivity index (χ4v) is 3.67. The molecule has 2 N–H and O–H groups in total. The van der Waals surface area contributed by atoms with Crippen LogP contribution in [0.2, 0.25) is 0 Å². The van der Waals surface area contributed by atoms with Gasteiger partial charge in [-0.1, -0.05) is 6.92 Å². The van der Waals surface area contributed by atoms with Crippen molar-refractivity contribution in [3.8, 4) is 0 Å². The monoisotopic (exact) mass is 258 g/mol. The molecule has 0 unspecified atom stereocenters. The van der Waals surface area contributed by atoms with E-state index in [1.807, 2.05) is 0 Å². The number of nitrogens with two attached hydrogens (primary N) is 1. The highest BCUT2D eigenvalue weighted by atomic mass is 32.2. The molecule has 1 aliphatic carbocycles. The van der Waals surface area contributed by atoms with Crippen LogP contribution < -0.4 is 5.73 Å². The molecular weight excluding hydrogens is 243 g/mol. The molecule has 1 saturated carbocycles. The largest absolute Gasteiger partial charge is 0.398 e. The maximum Gasteiger partial charge on any atom is 0.245 e. The van der Waals surface area contributed by atoms with E-state index in [0.29, 0.717) is 6.54 Å². The van der Waals surface area contributed by atoms with Gasteiger partial charge in [0.2, 0.25) is 10.0 Å². The SMILES string of the molecule is CCN(C1CC1)S(=O)(=O)c1cc(F)ccc1N. The summed E-state index contributed by atoms with van der Waals surface area (Å²) in [7, 11) is -3.67. The summed E-state index contributed by atoms with van der Waals surface area (Å²) in [6.07, 6.45) is 1.73. The molecular formula is C11H15FN2O2S. The predicted octanol–water partition coefficient (Wildman–Crippen LogP) is 1.58. The first-order valence-corrected chi connectivity index (χ1v) is 6.97. The van der Waals surface area contributed by atoms with Crippen molar-refractivity contribution in [3.63, 3.8) is 0 Å². The third-order valence-corrected chi connectivity index (χ3v) is 4.91. The Hall–Kier alpha value is -1.14. The molecule has 0 atom stereocenters. The number of hydrogen-bond donors (Lipinski definition) is 1. The Morgan fingerprint density at radius 3 is 2.65 bits per heavy atom. The molecule has 6 heteroatoms. The topological polar surface area (TPSA) is 63.4 Å². The van der Waals surface area contributed by atoms with Gasteiger partial charge in [-0.3, -0.25) is 0 Å². The van der Waals surface area contributed by atoms with E-state index in [-0.39, 0.29) is 16.6 Å². The van der Waals surface area contributed by atoms with Crippen LogP contribution in [0.4, 0.5) is 10.1 Å². The molecule has 0 aliphatic heterocycles. The zero-order chi connectivity index (χ0) is 12.6. The summed E-state index contributed by atoms with van der Waals surface area (Å²) in [5.41, 5.74) is 5.70. The predicted molar refractivity (Wildman–Crippen MR) is 63.4 cm³/mol. The van der Waals surface area contributed by atoms with Crippen LogP contribution in [0.1, 0.15) is 19.8 Å². The first kappa shape index (κ1) is 12.3. The number of nitrogen functional groups attached to an aromatic ring is 1. The van der Waals surface area contributed by atoms with Crippen molar-refractivity contribution in [1.82, 2.24) is 4.31 Å². The quantitative estimate of drug-likeness (QED) is 0.834. The van der Waals surface area contributed by atoms with E-state index >= 15 is 0 Å². The van der Waals surface area contributed by atoms with E-state index in [0.717, 1.165) is 25.0 Å². The number of rotatable bonds is 4. The maximum atomic E-state index is 13.1. The fraction of sp³-hybridized carbons (Fsp3) is 0.455. The van der Waals surface area contributed by atoms with Crippen molar-refractivity contribution < 1.29 is 12.8 Å². The molecule has 0 bridgehead atoms. The van der Waals surface area contributed by atoms with E-state index in [2.05, 4.69) is 0 Å². The molecule has 1 aromatic carbocycles. The van der Waals surface area contributed by atoms with Gasteiger partial charge in [-0.05, 0) is 31.0 Å². The fourth-order valence-electron chi connectivity index (χ4n) is 1.84. The average Bonchev–Trinajstić information content (AvgIpc) is 3.06. The van der Waals surface area contributed by atoms with Gasteiger partial charge in [-0.2, -0.15) is 4.31 Å². The minimum Gasteiger partial charge on any atom is -0.398 e. The summed E-state index contributed by atoms with van der Waals surface area (Å²) in [5.74, 6) is -0.593. The molecule has 1 aromatic rings. The summed E-state index contributed by atoms with van der Waals surface area (Å²) in [6, 6.07) is 3.47. The zero-order valence-electron chi connectivity index (χ0n) is 9.56.